The highest BCUT2D eigenvalue weighted by Crippen LogP contribution is 1.96. The van der Waals surface area contributed by atoms with Crippen molar-refractivity contribution in [1.82, 2.24) is 9.88 Å². The standard InChI is InChI=1S/C6H13NO2.C6H6.C5H5N.C5H10O2.5C2H6/c1-3-7(4-2)5-6(8)9;2*1-2-4-6-5-3-1;1-4(2)3-5(6)7;5*1-2/h3-5H2,1-2H3,(H,8,9);1-6H;1-5H;4H,3H2,1-2H3,(H,6,7);5*1-2H3. The molecule has 0 atom stereocenters. The van der Waals surface area contributed by atoms with Crippen molar-refractivity contribution in [2.75, 3.05) is 19.6 Å². The Morgan fingerprint density at radius 1 is 0.605 bits per heavy atom. The third-order valence-corrected chi connectivity index (χ3v) is 3.07. The van der Waals surface area contributed by atoms with Crippen molar-refractivity contribution < 1.29 is 19.8 Å². The van der Waals surface area contributed by atoms with Gasteiger partial charge in [0.1, 0.15) is 0 Å². The van der Waals surface area contributed by atoms with Crippen LogP contribution in [-0.4, -0.2) is 51.7 Å². The van der Waals surface area contributed by atoms with Crippen molar-refractivity contribution in [2.24, 2.45) is 5.92 Å². The summed E-state index contributed by atoms with van der Waals surface area (Å²) in [4.78, 5) is 25.5. The summed E-state index contributed by atoms with van der Waals surface area (Å²) in [5.41, 5.74) is 0. The van der Waals surface area contributed by atoms with Crippen LogP contribution in [-0.2, 0) is 9.59 Å². The van der Waals surface area contributed by atoms with Crippen LogP contribution in [0.5, 0.6) is 0 Å². The summed E-state index contributed by atoms with van der Waals surface area (Å²) in [6, 6.07) is 17.7. The Kier molecular flexibility index (Phi) is 81.0. The summed E-state index contributed by atoms with van der Waals surface area (Å²) >= 11 is 0. The quantitative estimate of drug-likeness (QED) is 0.379. The molecule has 0 aliphatic carbocycles. The number of carboxylic acids is 2. The minimum absolute atomic E-state index is 0.160. The molecule has 2 aromatic rings. The SMILES string of the molecule is CC.CC.CC.CC.CC.CC(C)CC(=O)O.CCN(CC)CC(=O)O.c1ccccc1.c1ccncc1. The monoisotopic (exact) mass is 540 g/mol. The van der Waals surface area contributed by atoms with Crippen LogP contribution in [0, 0.1) is 5.92 Å². The van der Waals surface area contributed by atoms with Gasteiger partial charge < -0.3 is 10.2 Å². The smallest absolute Gasteiger partial charge is 0.317 e. The first kappa shape index (κ1) is 51.8. The molecule has 1 aromatic carbocycles. The molecule has 0 bridgehead atoms. The molecule has 0 fully saturated rings. The first-order valence-electron chi connectivity index (χ1n) is 14.3. The highest BCUT2D eigenvalue weighted by Gasteiger charge is 2.02. The predicted molar refractivity (Wildman–Crippen MR) is 170 cm³/mol. The maximum atomic E-state index is 10.1. The molecule has 0 spiro atoms. The fourth-order valence-corrected chi connectivity index (χ4v) is 1.69. The van der Waals surface area contributed by atoms with E-state index in [2.05, 4.69) is 4.98 Å². The first-order chi connectivity index (χ1) is 18.3. The Bertz CT molecular complexity index is 492. The van der Waals surface area contributed by atoms with Gasteiger partial charge in [-0.15, -0.1) is 0 Å². The number of benzene rings is 1. The number of nitrogens with zero attached hydrogens (tertiary/aromatic N) is 2. The second-order valence-corrected chi connectivity index (χ2v) is 6.03. The number of carbonyl (C=O) groups is 2. The van der Waals surface area contributed by atoms with E-state index in [4.69, 9.17) is 10.2 Å². The van der Waals surface area contributed by atoms with Crippen molar-refractivity contribution in [3.63, 3.8) is 0 Å². The Morgan fingerprint density at radius 2 is 0.895 bits per heavy atom. The summed E-state index contributed by atoms with van der Waals surface area (Å²) in [6.45, 7) is 29.4. The Morgan fingerprint density at radius 3 is 0.974 bits per heavy atom. The van der Waals surface area contributed by atoms with Crippen molar-refractivity contribution in [2.45, 2.75) is 103 Å². The second-order valence-electron chi connectivity index (χ2n) is 6.03. The molecule has 1 heterocycles. The average Bonchev–Trinajstić information content (AvgIpc) is 2.99. The first-order valence-corrected chi connectivity index (χ1v) is 14.3. The molecular formula is C32H64N2O4. The second kappa shape index (κ2) is 59.4. The van der Waals surface area contributed by atoms with Crippen molar-refractivity contribution in [3.05, 3.63) is 67.0 Å². The van der Waals surface area contributed by atoms with Crippen LogP contribution in [0.15, 0.2) is 67.0 Å². The molecule has 0 radical (unpaired) electrons. The zero-order chi connectivity index (χ0) is 31.6. The highest BCUT2D eigenvalue weighted by molar-refractivity contribution is 5.69. The van der Waals surface area contributed by atoms with Gasteiger partial charge in [0.25, 0.3) is 0 Å². The maximum Gasteiger partial charge on any atom is 0.317 e. The molecule has 226 valence electrons. The summed E-state index contributed by atoms with van der Waals surface area (Å²) < 4.78 is 0. The lowest BCUT2D eigenvalue weighted by Gasteiger charge is -2.13. The highest BCUT2D eigenvalue weighted by atomic mass is 16.4. The molecule has 0 saturated carbocycles. The van der Waals surface area contributed by atoms with E-state index in [0.717, 1.165) is 13.1 Å². The third kappa shape index (κ3) is 76.6. The molecule has 38 heavy (non-hydrogen) atoms. The summed E-state index contributed by atoms with van der Waals surface area (Å²) in [5, 5.41) is 16.4. The minimum atomic E-state index is -0.751. The number of aliphatic carboxylic acids is 2. The van der Waals surface area contributed by atoms with Crippen molar-refractivity contribution in [3.8, 4) is 0 Å². The van der Waals surface area contributed by atoms with Crippen LogP contribution in [0.25, 0.3) is 0 Å². The molecule has 6 nitrogen and oxygen atoms in total. The number of aromatic nitrogens is 1. The fourth-order valence-electron chi connectivity index (χ4n) is 1.69. The zero-order valence-electron chi connectivity index (χ0n) is 27.4. The Balaban J connectivity index is -0.0000000610. The van der Waals surface area contributed by atoms with Gasteiger partial charge in [-0.1, -0.05) is 139 Å². The Labute approximate surface area is 237 Å². The normalized spacial score (nSPS) is 7.47. The van der Waals surface area contributed by atoms with Gasteiger partial charge in [-0.2, -0.15) is 0 Å². The summed E-state index contributed by atoms with van der Waals surface area (Å²) in [7, 11) is 0. The van der Waals surface area contributed by atoms with Gasteiger partial charge in [0.15, 0.2) is 0 Å². The summed E-state index contributed by atoms with van der Waals surface area (Å²) in [6.07, 6.45) is 3.78. The van der Waals surface area contributed by atoms with E-state index in [0.29, 0.717) is 0 Å². The van der Waals surface area contributed by atoms with E-state index >= 15 is 0 Å². The van der Waals surface area contributed by atoms with Crippen molar-refractivity contribution >= 4 is 11.9 Å². The van der Waals surface area contributed by atoms with E-state index in [1.54, 1.807) is 12.4 Å². The molecular weight excluding hydrogens is 476 g/mol. The fraction of sp³-hybridized carbons (Fsp3) is 0.594. The van der Waals surface area contributed by atoms with E-state index < -0.39 is 11.9 Å². The molecule has 0 aliphatic heterocycles. The van der Waals surface area contributed by atoms with Gasteiger partial charge in [0.2, 0.25) is 0 Å². The van der Waals surface area contributed by atoms with Crippen molar-refractivity contribution in [1.29, 1.82) is 0 Å². The number of pyridine rings is 1. The lowest BCUT2D eigenvalue weighted by molar-refractivity contribution is -0.139. The molecule has 2 rings (SSSR count). The van der Waals surface area contributed by atoms with Gasteiger partial charge in [0.05, 0.1) is 6.54 Å². The lowest BCUT2D eigenvalue weighted by atomic mass is 10.1. The number of hydrogen-bond donors (Lipinski definition) is 2. The van der Waals surface area contributed by atoms with Crippen LogP contribution in [0.1, 0.15) is 103 Å². The number of carboxylic acid groups (broad SMARTS) is 2. The van der Waals surface area contributed by atoms with Gasteiger partial charge in [0, 0.05) is 18.8 Å². The van der Waals surface area contributed by atoms with Gasteiger partial charge in [-0.25, -0.2) is 0 Å². The van der Waals surface area contributed by atoms with Crippen LogP contribution in [0.2, 0.25) is 0 Å². The summed E-state index contributed by atoms with van der Waals surface area (Å²) in [5.74, 6) is -1.19. The Hall–Kier alpha value is -2.73. The van der Waals surface area contributed by atoms with E-state index in [9.17, 15) is 9.59 Å². The van der Waals surface area contributed by atoms with Gasteiger partial charge in [-0.05, 0) is 31.1 Å². The molecule has 0 unspecified atom stereocenters. The predicted octanol–water partition coefficient (Wildman–Crippen LogP) is 9.43. The molecule has 0 amide bonds. The average molecular weight is 541 g/mol. The molecule has 2 N–H and O–H groups in total. The number of likely N-dealkylation sites (N-methyl/N-ethyl adjacent to an activating group) is 1. The molecule has 1 aromatic heterocycles. The van der Waals surface area contributed by atoms with Gasteiger partial charge in [-0.3, -0.25) is 19.5 Å². The molecule has 0 saturated heterocycles. The number of hydrogen-bond acceptors (Lipinski definition) is 4. The third-order valence-electron chi connectivity index (χ3n) is 3.07. The van der Waals surface area contributed by atoms with E-state index in [1.807, 2.05) is 156 Å². The number of rotatable bonds is 6. The maximum absolute atomic E-state index is 10.1. The van der Waals surface area contributed by atoms with Crippen LogP contribution >= 0.6 is 0 Å². The van der Waals surface area contributed by atoms with Gasteiger partial charge >= 0.3 is 11.9 Å². The van der Waals surface area contributed by atoms with E-state index in [1.165, 1.54) is 0 Å². The lowest BCUT2D eigenvalue weighted by Crippen LogP contribution is -2.29. The van der Waals surface area contributed by atoms with Crippen LogP contribution in [0.3, 0.4) is 0 Å². The van der Waals surface area contributed by atoms with Crippen LogP contribution < -0.4 is 0 Å². The van der Waals surface area contributed by atoms with Crippen LogP contribution in [0.4, 0.5) is 0 Å². The molecule has 0 aliphatic rings. The topological polar surface area (TPSA) is 90.7 Å². The van der Waals surface area contributed by atoms with E-state index in [-0.39, 0.29) is 18.9 Å². The minimum Gasteiger partial charge on any atom is -0.481 e. The molecule has 6 heteroatoms. The zero-order valence-corrected chi connectivity index (χ0v) is 27.4. The largest absolute Gasteiger partial charge is 0.481 e.